The second-order valence-electron chi connectivity index (χ2n) is 11.2. The van der Waals surface area contributed by atoms with E-state index in [9.17, 15) is 0 Å². The number of pyridine rings is 4. The Bertz CT molecular complexity index is 1770. The number of benzene rings is 1. The van der Waals surface area contributed by atoms with Crippen molar-refractivity contribution in [1.29, 1.82) is 5.41 Å². The molecule has 2 atom stereocenters. The van der Waals surface area contributed by atoms with E-state index in [1.165, 1.54) is 23.5 Å². The summed E-state index contributed by atoms with van der Waals surface area (Å²) in [5.74, 6) is 0. The molecule has 0 aliphatic heterocycles. The SMILES string of the molecule is CC(C)(C)c1cc(C(=N)SC([NH3+])c2cccc(-c3ccccn3)n2)cc(C(N)SC(=[NH2+])c2cccc(-c3ccccn3)n2)c1. The van der Waals surface area contributed by atoms with E-state index in [2.05, 4.69) is 48.6 Å². The number of nitrogens with one attached hydrogen (secondary N) is 1. The van der Waals surface area contributed by atoms with Crippen molar-refractivity contribution >= 4 is 33.6 Å². The van der Waals surface area contributed by atoms with Crippen LogP contribution in [0.1, 0.15) is 59.6 Å². The van der Waals surface area contributed by atoms with Crippen LogP contribution in [0.4, 0.5) is 0 Å². The zero-order chi connectivity index (χ0) is 31.3. The van der Waals surface area contributed by atoms with Gasteiger partial charge in [0.1, 0.15) is 16.4 Å². The van der Waals surface area contributed by atoms with Gasteiger partial charge in [-0.2, -0.15) is 0 Å². The highest BCUT2D eigenvalue weighted by Gasteiger charge is 2.24. The van der Waals surface area contributed by atoms with Crippen molar-refractivity contribution in [2.24, 2.45) is 5.73 Å². The Hall–Kier alpha value is -4.22. The molecule has 0 amide bonds. The summed E-state index contributed by atoms with van der Waals surface area (Å²) in [6.45, 7) is 6.45. The number of nitrogens with two attached hydrogens (primary N) is 2. The van der Waals surface area contributed by atoms with Gasteiger partial charge in [-0.25, -0.2) is 15.4 Å². The Kier molecular flexibility index (Phi) is 9.65. The van der Waals surface area contributed by atoms with E-state index in [4.69, 9.17) is 26.5 Å². The van der Waals surface area contributed by atoms with E-state index in [-0.39, 0.29) is 10.8 Å². The Morgan fingerprint density at radius 2 is 1.41 bits per heavy atom. The van der Waals surface area contributed by atoms with Crippen molar-refractivity contribution in [1.82, 2.24) is 19.9 Å². The number of nitrogens with zero attached hydrogens (tertiary/aromatic N) is 4. The van der Waals surface area contributed by atoms with Crippen LogP contribution in [0.15, 0.2) is 103 Å². The van der Waals surface area contributed by atoms with Crippen LogP contribution in [0.3, 0.4) is 0 Å². The third-order valence-electron chi connectivity index (χ3n) is 6.88. The first-order valence-corrected chi connectivity index (χ1v) is 15.9. The number of aromatic nitrogens is 4. The smallest absolute Gasteiger partial charge is 0.259 e. The molecule has 0 aliphatic rings. The maximum atomic E-state index is 9.04. The third kappa shape index (κ3) is 7.64. The highest BCUT2D eigenvalue weighted by atomic mass is 32.2. The Labute approximate surface area is 266 Å². The molecule has 10 heteroatoms. The highest BCUT2D eigenvalue weighted by Crippen LogP contribution is 2.34. The van der Waals surface area contributed by atoms with Gasteiger partial charge in [-0.1, -0.05) is 51.1 Å². The molecular weight excluding hydrogens is 585 g/mol. The lowest BCUT2D eigenvalue weighted by Gasteiger charge is -2.23. The van der Waals surface area contributed by atoms with Crippen LogP contribution in [0.5, 0.6) is 0 Å². The first-order valence-electron chi connectivity index (χ1n) is 14.1. The zero-order valence-corrected chi connectivity index (χ0v) is 26.6. The van der Waals surface area contributed by atoms with Crippen LogP contribution in [-0.2, 0) is 5.41 Å². The second-order valence-corrected chi connectivity index (χ2v) is 13.6. The Morgan fingerprint density at radius 3 is 2.02 bits per heavy atom. The molecular formula is C34H36N8S2+2. The molecule has 4 heterocycles. The van der Waals surface area contributed by atoms with Gasteiger partial charge in [-0.3, -0.25) is 15.4 Å². The average molecular weight is 621 g/mol. The number of rotatable bonds is 8. The standard InChI is InChI=1S/C34H34N8S2/c1-34(2,3)23-19-21(30(35)43-32(37)28-14-8-12-26(41-28)24-10-4-6-16-39-24)18-22(20-23)31(36)44-33(38)29-15-9-13-27(42-29)25-11-5-7-17-40-25/h4-20,30,33,36-37H,35,38H2,1-3H3/p+2. The number of hydrogen-bond acceptors (Lipinski definition) is 8. The molecule has 5 aromatic rings. The van der Waals surface area contributed by atoms with E-state index >= 15 is 0 Å². The van der Waals surface area contributed by atoms with Gasteiger partial charge in [0.15, 0.2) is 5.37 Å². The summed E-state index contributed by atoms with van der Waals surface area (Å²) in [7, 11) is 0. The molecule has 0 bridgehead atoms. The summed E-state index contributed by atoms with van der Waals surface area (Å²) in [5, 5.41) is 15.7. The summed E-state index contributed by atoms with van der Waals surface area (Å²) in [6, 6.07) is 29.1. The molecule has 0 spiro atoms. The highest BCUT2D eigenvalue weighted by molar-refractivity contribution is 8.14. The summed E-state index contributed by atoms with van der Waals surface area (Å²) in [4.78, 5) is 18.3. The van der Waals surface area contributed by atoms with Crippen molar-refractivity contribution in [2.45, 2.75) is 36.9 Å². The van der Waals surface area contributed by atoms with E-state index in [0.29, 0.717) is 15.8 Å². The minimum absolute atomic E-state index is 0.156. The molecule has 0 saturated carbocycles. The monoisotopic (exact) mass is 620 g/mol. The number of thioether (sulfide) groups is 2. The molecule has 2 unspecified atom stereocenters. The van der Waals surface area contributed by atoms with Crippen LogP contribution in [0.25, 0.3) is 22.8 Å². The minimum atomic E-state index is -0.471. The van der Waals surface area contributed by atoms with Gasteiger partial charge in [-0.05, 0) is 101 Å². The first-order chi connectivity index (χ1) is 21.1. The number of quaternary nitrogens is 1. The van der Waals surface area contributed by atoms with E-state index in [0.717, 1.165) is 45.2 Å². The first kappa shape index (κ1) is 31.2. The molecule has 0 aliphatic carbocycles. The maximum absolute atomic E-state index is 9.04. The molecule has 8 nitrogen and oxygen atoms in total. The number of hydrogen-bond donors (Lipinski definition) is 4. The molecule has 8 N–H and O–H groups in total. The van der Waals surface area contributed by atoms with Crippen molar-refractivity contribution in [3.8, 4) is 22.8 Å². The molecule has 4 aromatic heterocycles. The quantitative estimate of drug-likeness (QED) is 0.110. The fraction of sp³-hybridized carbons (Fsp3) is 0.176. The van der Waals surface area contributed by atoms with Gasteiger partial charge in [-0.15, -0.1) is 0 Å². The van der Waals surface area contributed by atoms with Gasteiger partial charge in [0, 0.05) is 18.0 Å². The Morgan fingerprint density at radius 1 is 0.795 bits per heavy atom. The second kappa shape index (κ2) is 13.6. The van der Waals surface area contributed by atoms with Crippen molar-refractivity contribution in [2.75, 3.05) is 0 Å². The predicted octanol–water partition coefficient (Wildman–Crippen LogP) is 4.79. The topological polar surface area (TPSA) is 155 Å². The van der Waals surface area contributed by atoms with Crippen molar-refractivity contribution < 1.29 is 11.1 Å². The van der Waals surface area contributed by atoms with Gasteiger partial charge in [0.05, 0.1) is 28.1 Å². The van der Waals surface area contributed by atoms with Gasteiger partial charge in [0.25, 0.3) is 5.04 Å². The fourth-order valence-electron chi connectivity index (χ4n) is 4.43. The molecule has 5 rings (SSSR count). The van der Waals surface area contributed by atoms with Crippen LogP contribution >= 0.6 is 23.5 Å². The summed E-state index contributed by atoms with van der Waals surface area (Å²) < 4.78 is 0. The van der Waals surface area contributed by atoms with Crippen LogP contribution in [0, 0.1) is 5.41 Å². The average Bonchev–Trinajstić information content (AvgIpc) is 3.05. The van der Waals surface area contributed by atoms with Crippen molar-refractivity contribution in [3.63, 3.8) is 0 Å². The van der Waals surface area contributed by atoms with E-state index < -0.39 is 5.37 Å². The molecule has 222 valence electrons. The van der Waals surface area contributed by atoms with E-state index in [1.54, 1.807) is 12.4 Å². The summed E-state index contributed by atoms with van der Waals surface area (Å²) in [6.07, 6.45) is 3.49. The zero-order valence-electron chi connectivity index (χ0n) is 24.9. The lowest BCUT2D eigenvalue weighted by Crippen LogP contribution is -2.52. The van der Waals surface area contributed by atoms with E-state index in [1.807, 2.05) is 78.9 Å². The lowest BCUT2D eigenvalue weighted by molar-refractivity contribution is -0.391. The molecule has 1 aromatic carbocycles. The van der Waals surface area contributed by atoms with Gasteiger partial charge >= 0.3 is 0 Å². The maximum Gasteiger partial charge on any atom is 0.259 e. The molecule has 44 heavy (non-hydrogen) atoms. The van der Waals surface area contributed by atoms with Crippen LogP contribution in [0.2, 0.25) is 0 Å². The normalized spacial score (nSPS) is 12.8. The Balaban J connectivity index is 1.36. The summed E-state index contributed by atoms with van der Waals surface area (Å²) in [5.41, 5.74) is 18.2. The fourth-order valence-corrected chi connectivity index (χ4v) is 6.00. The van der Waals surface area contributed by atoms with Crippen LogP contribution < -0.4 is 16.9 Å². The minimum Gasteiger partial charge on any atom is -0.341 e. The third-order valence-corrected chi connectivity index (χ3v) is 8.87. The molecule has 0 radical (unpaired) electrons. The lowest BCUT2D eigenvalue weighted by atomic mass is 9.85. The van der Waals surface area contributed by atoms with Gasteiger partial charge in [0.2, 0.25) is 0 Å². The predicted molar refractivity (Wildman–Crippen MR) is 181 cm³/mol. The largest absolute Gasteiger partial charge is 0.341 e. The summed E-state index contributed by atoms with van der Waals surface area (Å²) >= 11 is 2.70. The van der Waals surface area contributed by atoms with Crippen molar-refractivity contribution in [3.05, 3.63) is 131 Å². The molecule has 0 fully saturated rings. The van der Waals surface area contributed by atoms with Crippen LogP contribution in [-0.4, -0.2) is 30.0 Å². The van der Waals surface area contributed by atoms with Gasteiger partial charge < -0.3 is 11.5 Å². The molecule has 0 saturated heterocycles.